The Balaban J connectivity index is 1.68. The first-order valence-corrected chi connectivity index (χ1v) is 7.94. The maximum absolute atomic E-state index is 12.6. The molecule has 0 spiro atoms. The van der Waals surface area contributed by atoms with Gasteiger partial charge in [0.25, 0.3) is 5.91 Å². The van der Waals surface area contributed by atoms with Crippen LogP contribution in [0.4, 0.5) is 0 Å². The molecule has 1 fully saturated rings. The lowest BCUT2D eigenvalue weighted by Crippen LogP contribution is -2.28. The second-order valence-electron chi connectivity index (χ2n) is 5.78. The van der Waals surface area contributed by atoms with Gasteiger partial charge in [0.2, 0.25) is 5.88 Å². The predicted octanol–water partition coefficient (Wildman–Crippen LogP) is 2.68. The number of amides is 1. The molecule has 1 aromatic carbocycles. The third-order valence-corrected chi connectivity index (χ3v) is 4.09. The van der Waals surface area contributed by atoms with E-state index in [1.807, 2.05) is 35.2 Å². The van der Waals surface area contributed by atoms with Crippen LogP contribution in [0.1, 0.15) is 23.2 Å². The van der Waals surface area contributed by atoms with E-state index in [2.05, 4.69) is 4.98 Å². The van der Waals surface area contributed by atoms with Crippen molar-refractivity contribution in [1.29, 1.82) is 0 Å². The number of ether oxygens (including phenoxy) is 1. The zero-order valence-corrected chi connectivity index (χ0v) is 13.0. The van der Waals surface area contributed by atoms with Crippen molar-refractivity contribution >= 4 is 5.91 Å². The fraction of sp³-hybridized carbons (Fsp3) is 0.333. The van der Waals surface area contributed by atoms with Crippen molar-refractivity contribution in [3.63, 3.8) is 0 Å². The number of hydrogen-bond donors (Lipinski definition) is 1. The Morgan fingerprint density at radius 2 is 2.22 bits per heavy atom. The summed E-state index contributed by atoms with van der Waals surface area (Å²) in [6.07, 6.45) is 3.69. The fourth-order valence-electron chi connectivity index (χ4n) is 2.89. The average molecular weight is 311 g/mol. The molecule has 5 heteroatoms. The van der Waals surface area contributed by atoms with E-state index < -0.39 is 0 Å². The van der Waals surface area contributed by atoms with Gasteiger partial charge in [-0.25, -0.2) is 4.98 Å². The summed E-state index contributed by atoms with van der Waals surface area (Å²) in [5.74, 6) is 1.71. The molecule has 0 saturated carbocycles. The van der Waals surface area contributed by atoms with Crippen LogP contribution in [-0.4, -0.2) is 35.4 Å². The third kappa shape index (κ3) is 3.87. The van der Waals surface area contributed by atoms with Crippen molar-refractivity contribution in [3.8, 4) is 11.6 Å². The SMILES string of the molecule is NCCC1CCN(C(=O)c2cccc(Oc3ccccn3)c2)C1. The van der Waals surface area contributed by atoms with E-state index in [0.717, 1.165) is 25.9 Å². The van der Waals surface area contributed by atoms with Gasteiger partial charge in [0.15, 0.2) is 0 Å². The van der Waals surface area contributed by atoms with Crippen LogP contribution >= 0.6 is 0 Å². The molecule has 2 heterocycles. The number of aromatic nitrogens is 1. The lowest BCUT2D eigenvalue weighted by Gasteiger charge is -2.17. The Morgan fingerprint density at radius 1 is 1.30 bits per heavy atom. The first-order valence-electron chi connectivity index (χ1n) is 7.94. The predicted molar refractivity (Wildman–Crippen MR) is 88.4 cm³/mol. The van der Waals surface area contributed by atoms with Crippen LogP contribution in [0.25, 0.3) is 0 Å². The van der Waals surface area contributed by atoms with Gasteiger partial charge in [-0.2, -0.15) is 0 Å². The van der Waals surface area contributed by atoms with E-state index in [1.54, 1.807) is 18.3 Å². The Hall–Kier alpha value is -2.40. The van der Waals surface area contributed by atoms with E-state index in [-0.39, 0.29) is 5.91 Å². The summed E-state index contributed by atoms with van der Waals surface area (Å²) in [4.78, 5) is 18.7. The number of carbonyl (C=O) groups is 1. The normalized spacial score (nSPS) is 17.3. The van der Waals surface area contributed by atoms with Crippen molar-refractivity contribution in [3.05, 3.63) is 54.2 Å². The number of hydrogen-bond acceptors (Lipinski definition) is 4. The summed E-state index contributed by atoms with van der Waals surface area (Å²) in [5, 5.41) is 0. The van der Waals surface area contributed by atoms with Crippen molar-refractivity contribution in [2.24, 2.45) is 11.7 Å². The van der Waals surface area contributed by atoms with Gasteiger partial charge in [-0.15, -0.1) is 0 Å². The number of rotatable bonds is 5. The number of nitrogens with zero attached hydrogens (tertiary/aromatic N) is 2. The first kappa shape index (κ1) is 15.5. The molecule has 3 rings (SSSR count). The lowest BCUT2D eigenvalue weighted by molar-refractivity contribution is 0.0786. The smallest absolute Gasteiger partial charge is 0.253 e. The Labute approximate surface area is 136 Å². The van der Waals surface area contributed by atoms with Crippen molar-refractivity contribution in [2.45, 2.75) is 12.8 Å². The molecular formula is C18H21N3O2. The van der Waals surface area contributed by atoms with Crippen LogP contribution in [-0.2, 0) is 0 Å². The molecule has 1 unspecified atom stereocenters. The molecule has 1 saturated heterocycles. The van der Waals surface area contributed by atoms with Gasteiger partial charge in [0.1, 0.15) is 5.75 Å². The Morgan fingerprint density at radius 3 is 3.00 bits per heavy atom. The Bertz CT molecular complexity index is 660. The lowest BCUT2D eigenvalue weighted by atomic mass is 10.1. The molecule has 5 nitrogen and oxygen atoms in total. The van der Waals surface area contributed by atoms with Gasteiger partial charge in [-0.05, 0) is 49.6 Å². The summed E-state index contributed by atoms with van der Waals surface area (Å²) in [6.45, 7) is 2.27. The molecule has 120 valence electrons. The van der Waals surface area contributed by atoms with E-state index in [4.69, 9.17) is 10.5 Å². The number of carbonyl (C=O) groups excluding carboxylic acids is 1. The minimum atomic E-state index is 0.0518. The Kier molecular flexibility index (Phi) is 4.88. The highest BCUT2D eigenvalue weighted by Crippen LogP contribution is 2.24. The van der Waals surface area contributed by atoms with E-state index in [1.165, 1.54) is 0 Å². The molecule has 1 atom stereocenters. The van der Waals surface area contributed by atoms with E-state index in [0.29, 0.717) is 29.7 Å². The molecule has 1 amide bonds. The molecule has 0 radical (unpaired) electrons. The molecule has 1 aliphatic rings. The maximum Gasteiger partial charge on any atom is 0.253 e. The van der Waals surface area contributed by atoms with Crippen molar-refractivity contribution in [1.82, 2.24) is 9.88 Å². The van der Waals surface area contributed by atoms with Gasteiger partial charge in [-0.3, -0.25) is 4.79 Å². The molecule has 23 heavy (non-hydrogen) atoms. The van der Waals surface area contributed by atoms with Crippen LogP contribution in [0.5, 0.6) is 11.6 Å². The standard InChI is InChI=1S/C18H21N3O2/c19-9-7-14-8-11-21(13-14)18(22)15-4-3-5-16(12-15)23-17-6-1-2-10-20-17/h1-6,10,12,14H,7-9,11,13,19H2. The van der Waals surface area contributed by atoms with Crippen molar-refractivity contribution in [2.75, 3.05) is 19.6 Å². The summed E-state index contributed by atoms with van der Waals surface area (Å²) in [5.41, 5.74) is 6.25. The van der Waals surface area contributed by atoms with Crippen LogP contribution in [0.15, 0.2) is 48.7 Å². The first-order chi connectivity index (χ1) is 11.3. The highest BCUT2D eigenvalue weighted by Gasteiger charge is 2.26. The quantitative estimate of drug-likeness (QED) is 0.922. The number of benzene rings is 1. The highest BCUT2D eigenvalue weighted by atomic mass is 16.5. The molecule has 1 aliphatic heterocycles. The van der Waals surface area contributed by atoms with Crippen LogP contribution in [0.2, 0.25) is 0 Å². The molecule has 1 aromatic heterocycles. The highest BCUT2D eigenvalue weighted by molar-refractivity contribution is 5.94. The zero-order valence-electron chi connectivity index (χ0n) is 13.0. The summed E-state index contributed by atoms with van der Waals surface area (Å²) in [7, 11) is 0. The molecular weight excluding hydrogens is 290 g/mol. The number of pyridine rings is 1. The largest absolute Gasteiger partial charge is 0.439 e. The topological polar surface area (TPSA) is 68.5 Å². The zero-order chi connectivity index (χ0) is 16.1. The minimum absolute atomic E-state index is 0.0518. The number of likely N-dealkylation sites (tertiary alicyclic amines) is 1. The fourth-order valence-corrected chi connectivity index (χ4v) is 2.89. The number of nitrogens with two attached hydrogens (primary N) is 1. The second kappa shape index (κ2) is 7.24. The summed E-state index contributed by atoms with van der Waals surface area (Å²) >= 11 is 0. The van der Waals surface area contributed by atoms with Crippen LogP contribution in [0.3, 0.4) is 0 Å². The van der Waals surface area contributed by atoms with Gasteiger partial charge in [0, 0.05) is 30.9 Å². The van der Waals surface area contributed by atoms with E-state index >= 15 is 0 Å². The van der Waals surface area contributed by atoms with Gasteiger partial charge < -0.3 is 15.4 Å². The maximum atomic E-state index is 12.6. The molecule has 0 bridgehead atoms. The summed E-state index contributed by atoms with van der Waals surface area (Å²) in [6, 6.07) is 12.7. The van der Waals surface area contributed by atoms with Crippen LogP contribution < -0.4 is 10.5 Å². The molecule has 0 aliphatic carbocycles. The van der Waals surface area contributed by atoms with Crippen LogP contribution in [0, 0.1) is 5.92 Å². The van der Waals surface area contributed by atoms with Gasteiger partial charge >= 0.3 is 0 Å². The monoisotopic (exact) mass is 311 g/mol. The molecule has 2 N–H and O–H groups in total. The molecule has 2 aromatic rings. The van der Waals surface area contributed by atoms with E-state index in [9.17, 15) is 4.79 Å². The minimum Gasteiger partial charge on any atom is -0.439 e. The average Bonchev–Trinajstić information content (AvgIpc) is 3.04. The summed E-state index contributed by atoms with van der Waals surface area (Å²) < 4.78 is 5.69. The van der Waals surface area contributed by atoms with Crippen molar-refractivity contribution < 1.29 is 9.53 Å². The second-order valence-corrected chi connectivity index (χ2v) is 5.78. The third-order valence-electron chi connectivity index (χ3n) is 4.09. The van der Waals surface area contributed by atoms with Gasteiger partial charge in [-0.1, -0.05) is 12.1 Å². The van der Waals surface area contributed by atoms with Gasteiger partial charge in [0.05, 0.1) is 0 Å².